The van der Waals surface area contributed by atoms with Gasteiger partial charge in [0.1, 0.15) is 5.82 Å². The maximum absolute atomic E-state index is 13.4. The number of halogens is 1. The summed E-state index contributed by atoms with van der Waals surface area (Å²) >= 11 is 0. The van der Waals surface area contributed by atoms with Crippen molar-refractivity contribution >= 4 is 23.2 Å². The Bertz CT molecular complexity index is 1120. The van der Waals surface area contributed by atoms with Gasteiger partial charge in [0.05, 0.1) is 18.9 Å². The zero-order chi connectivity index (χ0) is 20.2. The number of carbonyl (C=O) groups is 1. The molecule has 0 aliphatic carbocycles. The fraction of sp³-hybridized carbons (Fsp3) is 0.182. The number of fused-ring (bicyclic) bond motifs is 1. The summed E-state index contributed by atoms with van der Waals surface area (Å²) < 4.78 is 13.4. The number of anilines is 3. The van der Waals surface area contributed by atoms with Crippen molar-refractivity contribution < 1.29 is 9.18 Å². The molecule has 7 heteroatoms. The van der Waals surface area contributed by atoms with Gasteiger partial charge in [-0.15, -0.1) is 0 Å². The van der Waals surface area contributed by atoms with Crippen molar-refractivity contribution in [1.29, 1.82) is 5.26 Å². The SMILES string of the molecule is N#CCc1cc(F)ccc1CCc1ccnc(Nc2ccc3c(c2)CC(=O)N3)n1. The van der Waals surface area contributed by atoms with Gasteiger partial charge in [-0.3, -0.25) is 4.79 Å². The average Bonchev–Trinajstić information content (AvgIpc) is 3.07. The van der Waals surface area contributed by atoms with Gasteiger partial charge in [0.15, 0.2) is 0 Å². The average molecular weight is 387 g/mol. The highest BCUT2D eigenvalue weighted by molar-refractivity contribution is 5.99. The Morgan fingerprint density at radius 1 is 1.14 bits per heavy atom. The predicted octanol–water partition coefficient (Wildman–Crippen LogP) is 3.71. The number of hydrogen-bond donors (Lipinski definition) is 2. The number of benzene rings is 2. The van der Waals surface area contributed by atoms with Gasteiger partial charge in [0, 0.05) is 23.3 Å². The minimum Gasteiger partial charge on any atom is -0.326 e. The van der Waals surface area contributed by atoms with Crippen LogP contribution in [0.2, 0.25) is 0 Å². The molecule has 0 fully saturated rings. The third-order valence-corrected chi connectivity index (χ3v) is 4.79. The first-order chi connectivity index (χ1) is 14.1. The lowest BCUT2D eigenvalue weighted by molar-refractivity contribution is -0.115. The van der Waals surface area contributed by atoms with Crippen molar-refractivity contribution in [1.82, 2.24) is 9.97 Å². The highest BCUT2D eigenvalue weighted by atomic mass is 19.1. The molecule has 1 amide bonds. The zero-order valence-electron chi connectivity index (χ0n) is 15.6. The maximum atomic E-state index is 13.4. The molecular weight excluding hydrogens is 369 g/mol. The van der Waals surface area contributed by atoms with Gasteiger partial charge in [-0.25, -0.2) is 14.4 Å². The van der Waals surface area contributed by atoms with Crippen molar-refractivity contribution in [2.24, 2.45) is 0 Å². The van der Waals surface area contributed by atoms with Crippen LogP contribution >= 0.6 is 0 Å². The molecule has 2 heterocycles. The standard InChI is InChI=1S/C22H18FN5O/c23-17-3-1-14(15(11-17)7-9-24)2-4-18-8-10-25-22(26-18)27-19-5-6-20-16(12-19)13-21(29)28-20/h1,3,5-6,8,10-12H,2,4,7,13H2,(H,28,29)(H,25,26,27). The normalized spacial score (nSPS) is 12.2. The first-order valence-electron chi connectivity index (χ1n) is 9.27. The third kappa shape index (κ3) is 4.38. The fourth-order valence-corrected chi connectivity index (χ4v) is 3.38. The lowest BCUT2D eigenvalue weighted by atomic mass is 10.00. The first-order valence-corrected chi connectivity index (χ1v) is 9.27. The Kier molecular flexibility index (Phi) is 5.16. The first kappa shape index (κ1) is 18.6. The van der Waals surface area contributed by atoms with Gasteiger partial charge in [-0.05, 0) is 65.9 Å². The van der Waals surface area contributed by atoms with Gasteiger partial charge < -0.3 is 10.6 Å². The van der Waals surface area contributed by atoms with E-state index in [9.17, 15) is 9.18 Å². The molecule has 0 radical (unpaired) electrons. The number of nitriles is 1. The molecule has 0 spiro atoms. The fourth-order valence-electron chi connectivity index (χ4n) is 3.38. The van der Waals surface area contributed by atoms with Crippen LogP contribution in [0.15, 0.2) is 48.7 Å². The summed E-state index contributed by atoms with van der Waals surface area (Å²) in [6.07, 6.45) is 3.53. The van der Waals surface area contributed by atoms with Crippen LogP contribution in [0.1, 0.15) is 22.4 Å². The van der Waals surface area contributed by atoms with Crippen LogP contribution in [-0.2, 0) is 30.5 Å². The van der Waals surface area contributed by atoms with E-state index >= 15 is 0 Å². The summed E-state index contributed by atoms with van der Waals surface area (Å²) in [6.45, 7) is 0. The van der Waals surface area contributed by atoms with Gasteiger partial charge in [0.25, 0.3) is 0 Å². The van der Waals surface area contributed by atoms with Crippen molar-refractivity contribution in [3.63, 3.8) is 0 Å². The number of nitrogens with one attached hydrogen (secondary N) is 2. The molecule has 1 aliphatic heterocycles. The zero-order valence-corrected chi connectivity index (χ0v) is 15.6. The van der Waals surface area contributed by atoms with E-state index in [0.29, 0.717) is 30.8 Å². The van der Waals surface area contributed by atoms with Crippen molar-refractivity contribution in [2.75, 3.05) is 10.6 Å². The molecule has 0 saturated carbocycles. The molecule has 29 heavy (non-hydrogen) atoms. The molecule has 1 aliphatic rings. The molecule has 0 atom stereocenters. The maximum Gasteiger partial charge on any atom is 0.228 e. The molecule has 1 aromatic heterocycles. The number of nitrogens with zero attached hydrogens (tertiary/aromatic N) is 3. The summed E-state index contributed by atoms with van der Waals surface area (Å²) in [5.41, 5.74) is 5.08. The summed E-state index contributed by atoms with van der Waals surface area (Å²) in [4.78, 5) is 20.3. The largest absolute Gasteiger partial charge is 0.326 e. The van der Waals surface area contributed by atoms with Gasteiger partial charge in [-0.1, -0.05) is 6.07 Å². The van der Waals surface area contributed by atoms with Crippen LogP contribution in [-0.4, -0.2) is 15.9 Å². The van der Waals surface area contributed by atoms with E-state index in [0.717, 1.165) is 28.2 Å². The molecule has 3 aromatic rings. The number of amides is 1. The van der Waals surface area contributed by atoms with Crippen LogP contribution in [0.5, 0.6) is 0 Å². The van der Waals surface area contributed by atoms with Crippen LogP contribution in [0.25, 0.3) is 0 Å². The van der Waals surface area contributed by atoms with Crippen LogP contribution in [0.3, 0.4) is 0 Å². The highest BCUT2D eigenvalue weighted by Crippen LogP contribution is 2.27. The quantitative estimate of drug-likeness (QED) is 0.673. The Labute approximate surface area is 167 Å². The Morgan fingerprint density at radius 2 is 2.03 bits per heavy atom. The van der Waals surface area contributed by atoms with Crippen LogP contribution < -0.4 is 10.6 Å². The summed E-state index contributed by atoms with van der Waals surface area (Å²) in [6, 6.07) is 14.1. The lowest BCUT2D eigenvalue weighted by Gasteiger charge is -2.09. The van der Waals surface area contributed by atoms with E-state index in [4.69, 9.17) is 5.26 Å². The number of hydrogen-bond acceptors (Lipinski definition) is 5. The summed E-state index contributed by atoms with van der Waals surface area (Å²) in [7, 11) is 0. The molecule has 0 unspecified atom stereocenters. The summed E-state index contributed by atoms with van der Waals surface area (Å²) in [5.74, 6) is 0.127. The Balaban J connectivity index is 1.45. The van der Waals surface area contributed by atoms with Crippen LogP contribution in [0, 0.1) is 17.1 Å². The number of rotatable bonds is 6. The van der Waals surface area contributed by atoms with Crippen molar-refractivity contribution in [2.45, 2.75) is 25.7 Å². The van der Waals surface area contributed by atoms with E-state index in [1.54, 1.807) is 12.3 Å². The number of aromatic nitrogens is 2. The molecule has 4 rings (SSSR count). The Morgan fingerprint density at radius 3 is 2.90 bits per heavy atom. The number of carbonyl (C=O) groups excluding carboxylic acids is 1. The van der Waals surface area contributed by atoms with Crippen molar-refractivity contribution in [3.05, 3.63) is 76.9 Å². The lowest BCUT2D eigenvalue weighted by Crippen LogP contribution is -2.03. The monoisotopic (exact) mass is 387 g/mol. The topological polar surface area (TPSA) is 90.7 Å². The third-order valence-electron chi connectivity index (χ3n) is 4.79. The Hall–Kier alpha value is -3.79. The molecule has 0 saturated heterocycles. The van der Waals surface area contributed by atoms with Crippen molar-refractivity contribution in [3.8, 4) is 6.07 Å². The second kappa shape index (κ2) is 8.07. The molecule has 144 valence electrons. The van der Waals surface area contributed by atoms with E-state index < -0.39 is 0 Å². The molecule has 6 nitrogen and oxygen atoms in total. The molecule has 2 aromatic carbocycles. The predicted molar refractivity (Wildman–Crippen MR) is 107 cm³/mol. The van der Waals surface area contributed by atoms with Crippen LogP contribution in [0.4, 0.5) is 21.7 Å². The van der Waals surface area contributed by atoms with Gasteiger partial charge >= 0.3 is 0 Å². The second-order valence-electron chi connectivity index (χ2n) is 6.84. The van der Waals surface area contributed by atoms with E-state index in [1.165, 1.54) is 12.1 Å². The second-order valence-corrected chi connectivity index (χ2v) is 6.84. The summed E-state index contributed by atoms with van der Waals surface area (Å²) in [5, 5.41) is 14.9. The minimum atomic E-state index is -0.334. The van der Waals surface area contributed by atoms with E-state index in [2.05, 4.69) is 26.7 Å². The molecule has 0 bridgehead atoms. The van der Waals surface area contributed by atoms with E-state index in [-0.39, 0.29) is 18.1 Å². The molecule has 2 N–H and O–H groups in total. The van der Waals surface area contributed by atoms with Gasteiger partial charge in [0.2, 0.25) is 11.9 Å². The number of aryl methyl sites for hydroxylation is 2. The smallest absolute Gasteiger partial charge is 0.228 e. The molecular formula is C22H18FN5O. The van der Waals surface area contributed by atoms with Gasteiger partial charge in [-0.2, -0.15) is 5.26 Å². The highest BCUT2D eigenvalue weighted by Gasteiger charge is 2.17. The van der Waals surface area contributed by atoms with E-state index in [1.807, 2.05) is 24.3 Å². The minimum absolute atomic E-state index is 0.00745.